The molecule has 1 aromatic carbocycles. The molecule has 0 bridgehead atoms. The molecule has 1 atom stereocenters. The minimum atomic E-state index is 0. The number of ether oxygens (including phenoxy) is 1. The van der Waals surface area contributed by atoms with E-state index in [9.17, 15) is 0 Å². The Balaban J connectivity index is 0.000000980. The lowest BCUT2D eigenvalue weighted by atomic mass is 10.0. The zero-order valence-electron chi connectivity index (χ0n) is 8.32. The molecule has 2 rings (SSSR count). The monoisotopic (exact) mass is 213 g/mol. The van der Waals surface area contributed by atoms with Gasteiger partial charge < -0.3 is 10.5 Å². The van der Waals surface area contributed by atoms with Crippen molar-refractivity contribution in [3.8, 4) is 5.75 Å². The van der Waals surface area contributed by atoms with Crippen molar-refractivity contribution in [2.24, 2.45) is 5.73 Å². The van der Waals surface area contributed by atoms with E-state index < -0.39 is 0 Å². The van der Waals surface area contributed by atoms with Crippen LogP contribution in [0.4, 0.5) is 0 Å². The third kappa shape index (κ3) is 1.72. The van der Waals surface area contributed by atoms with Gasteiger partial charge in [-0.05, 0) is 31.0 Å². The van der Waals surface area contributed by atoms with Gasteiger partial charge in [0.05, 0.1) is 7.11 Å². The predicted octanol–water partition coefficient (Wildman–Crippen LogP) is 2.11. The van der Waals surface area contributed by atoms with E-state index in [1.807, 2.05) is 6.07 Å². The Labute approximate surface area is 90.9 Å². The smallest absolute Gasteiger partial charge is 0.122 e. The van der Waals surface area contributed by atoms with Crippen molar-refractivity contribution in [3.05, 3.63) is 29.3 Å². The van der Waals surface area contributed by atoms with E-state index in [2.05, 4.69) is 12.1 Å². The number of rotatable bonds is 2. The molecular formula is C11H16ClNO. The number of aryl methyl sites for hydroxylation is 1. The lowest BCUT2D eigenvalue weighted by Crippen LogP contribution is -2.10. The molecule has 1 unspecified atom stereocenters. The van der Waals surface area contributed by atoms with Crippen LogP contribution < -0.4 is 10.5 Å². The lowest BCUT2D eigenvalue weighted by molar-refractivity contribution is 0.407. The van der Waals surface area contributed by atoms with Crippen LogP contribution in [0, 0.1) is 0 Å². The summed E-state index contributed by atoms with van der Waals surface area (Å²) < 4.78 is 5.33. The molecule has 0 fully saturated rings. The second-order valence-corrected chi connectivity index (χ2v) is 3.50. The Morgan fingerprint density at radius 1 is 1.50 bits per heavy atom. The highest BCUT2D eigenvalue weighted by atomic mass is 35.5. The molecule has 3 heteroatoms. The minimum Gasteiger partial charge on any atom is -0.496 e. The molecule has 0 heterocycles. The number of halogens is 1. The molecule has 0 spiro atoms. The van der Waals surface area contributed by atoms with Gasteiger partial charge in [0.1, 0.15) is 5.75 Å². The summed E-state index contributed by atoms with van der Waals surface area (Å²) in [4.78, 5) is 0. The number of fused-ring (bicyclic) bond motifs is 1. The average Bonchev–Trinajstić information content (AvgIpc) is 2.60. The molecule has 1 aliphatic carbocycles. The van der Waals surface area contributed by atoms with Gasteiger partial charge in [0.25, 0.3) is 0 Å². The maximum Gasteiger partial charge on any atom is 0.122 e. The number of nitrogens with two attached hydrogens (primary N) is 1. The molecule has 0 aromatic heterocycles. The molecule has 2 nitrogen and oxygen atoms in total. The van der Waals surface area contributed by atoms with E-state index in [1.54, 1.807) is 7.11 Å². The van der Waals surface area contributed by atoms with Gasteiger partial charge in [-0.25, -0.2) is 0 Å². The molecule has 0 amide bonds. The Morgan fingerprint density at radius 2 is 2.29 bits per heavy atom. The minimum absolute atomic E-state index is 0. The first-order valence-electron chi connectivity index (χ1n) is 4.72. The van der Waals surface area contributed by atoms with Crippen LogP contribution in [0.5, 0.6) is 5.75 Å². The Kier molecular flexibility index (Phi) is 3.78. The van der Waals surface area contributed by atoms with Crippen LogP contribution in [-0.4, -0.2) is 13.7 Å². The normalized spacial score (nSPS) is 18.6. The van der Waals surface area contributed by atoms with Crippen molar-refractivity contribution >= 4 is 12.4 Å². The summed E-state index contributed by atoms with van der Waals surface area (Å²) in [5, 5.41) is 0. The molecule has 0 aliphatic heterocycles. The number of hydrogen-bond donors (Lipinski definition) is 1. The standard InChI is InChI=1S/C11H15NO.ClH/c1-13-10-4-2-3-8-5-6-9(7-12)11(8)10;/h2-4,9H,5-7,12H2,1H3;1H. The first kappa shape index (κ1) is 11.3. The van der Waals surface area contributed by atoms with Crippen LogP contribution in [0.25, 0.3) is 0 Å². The molecule has 0 radical (unpaired) electrons. The van der Waals surface area contributed by atoms with E-state index in [-0.39, 0.29) is 12.4 Å². The van der Waals surface area contributed by atoms with E-state index in [1.165, 1.54) is 17.5 Å². The molecule has 14 heavy (non-hydrogen) atoms. The highest BCUT2D eigenvalue weighted by molar-refractivity contribution is 5.85. The van der Waals surface area contributed by atoms with Crippen LogP contribution >= 0.6 is 12.4 Å². The first-order chi connectivity index (χ1) is 6.36. The quantitative estimate of drug-likeness (QED) is 0.817. The number of hydrogen-bond acceptors (Lipinski definition) is 2. The van der Waals surface area contributed by atoms with Crippen molar-refractivity contribution in [1.82, 2.24) is 0 Å². The lowest BCUT2D eigenvalue weighted by Gasteiger charge is -2.12. The fraction of sp³-hybridized carbons (Fsp3) is 0.455. The van der Waals surface area contributed by atoms with E-state index in [0.29, 0.717) is 5.92 Å². The summed E-state index contributed by atoms with van der Waals surface area (Å²) in [7, 11) is 1.72. The Bertz CT molecular complexity index is 314. The van der Waals surface area contributed by atoms with Gasteiger partial charge in [0, 0.05) is 11.5 Å². The van der Waals surface area contributed by atoms with Gasteiger partial charge in [0.15, 0.2) is 0 Å². The van der Waals surface area contributed by atoms with Gasteiger partial charge in [-0.1, -0.05) is 12.1 Å². The summed E-state index contributed by atoms with van der Waals surface area (Å²) in [6.07, 6.45) is 2.32. The Morgan fingerprint density at radius 3 is 2.93 bits per heavy atom. The van der Waals surface area contributed by atoms with Crippen molar-refractivity contribution in [1.29, 1.82) is 0 Å². The van der Waals surface area contributed by atoms with Gasteiger partial charge in [0.2, 0.25) is 0 Å². The van der Waals surface area contributed by atoms with Gasteiger partial charge in [-0.2, -0.15) is 0 Å². The molecule has 1 aromatic rings. The van der Waals surface area contributed by atoms with Crippen LogP contribution in [0.2, 0.25) is 0 Å². The first-order valence-corrected chi connectivity index (χ1v) is 4.72. The van der Waals surface area contributed by atoms with E-state index in [4.69, 9.17) is 10.5 Å². The highest BCUT2D eigenvalue weighted by Crippen LogP contribution is 2.38. The van der Waals surface area contributed by atoms with Crippen molar-refractivity contribution in [3.63, 3.8) is 0 Å². The average molecular weight is 214 g/mol. The summed E-state index contributed by atoms with van der Waals surface area (Å²) >= 11 is 0. The summed E-state index contributed by atoms with van der Waals surface area (Å²) in [5.74, 6) is 1.51. The van der Waals surface area contributed by atoms with E-state index >= 15 is 0 Å². The third-order valence-electron chi connectivity index (χ3n) is 2.83. The SMILES string of the molecule is COc1cccc2c1C(CN)CC2.Cl. The molecule has 0 saturated carbocycles. The van der Waals surface area contributed by atoms with E-state index in [0.717, 1.165) is 18.7 Å². The largest absolute Gasteiger partial charge is 0.496 e. The third-order valence-corrected chi connectivity index (χ3v) is 2.83. The van der Waals surface area contributed by atoms with Gasteiger partial charge >= 0.3 is 0 Å². The van der Waals surface area contributed by atoms with Crippen LogP contribution in [0.15, 0.2) is 18.2 Å². The number of benzene rings is 1. The van der Waals surface area contributed by atoms with Crippen LogP contribution in [-0.2, 0) is 6.42 Å². The highest BCUT2D eigenvalue weighted by Gasteiger charge is 2.24. The molecule has 2 N–H and O–H groups in total. The maximum absolute atomic E-state index is 5.72. The summed E-state index contributed by atoms with van der Waals surface area (Å²) in [6.45, 7) is 0.730. The van der Waals surface area contributed by atoms with Crippen molar-refractivity contribution in [2.75, 3.05) is 13.7 Å². The molecule has 0 saturated heterocycles. The second kappa shape index (κ2) is 4.67. The van der Waals surface area contributed by atoms with Crippen molar-refractivity contribution in [2.45, 2.75) is 18.8 Å². The Hall–Kier alpha value is -0.730. The topological polar surface area (TPSA) is 35.2 Å². The van der Waals surface area contributed by atoms with Crippen LogP contribution in [0.3, 0.4) is 0 Å². The fourth-order valence-electron chi connectivity index (χ4n) is 2.16. The van der Waals surface area contributed by atoms with Crippen LogP contribution in [0.1, 0.15) is 23.5 Å². The second-order valence-electron chi connectivity index (χ2n) is 3.50. The maximum atomic E-state index is 5.72. The molecule has 78 valence electrons. The molecular weight excluding hydrogens is 198 g/mol. The predicted molar refractivity (Wildman–Crippen MR) is 60.4 cm³/mol. The zero-order valence-corrected chi connectivity index (χ0v) is 9.14. The molecule has 1 aliphatic rings. The summed E-state index contributed by atoms with van der Waals surface area (Å²) in [5.41, 5.74) is 8.47. The fourth-order valence-corrected chi connectivity index (χ4v) is 2.16. The summed E-state index contributed by atoms with van der Waals surface area (Å²) in [6, 6.07) is 6.25. The van der Waals surface area contributed by atoms with Gasteiger partial charge in [-0.15, -0.1) is 12.4 Å². The zero-order chi connectivity index (χ0) is 9.26. The van der Waals surface area contributed by atoms with Gasteiger partial charge in [-0.3, -0.25) is 0 Å². The van der Waals surface area contributed by atoms with Crippen molar-refractivity contribution < 1.29 is 4.74 Å². The number of methoxy groups -OCH3 is 1.